The number of nitrogens with one attached hydrogen (secondary N) is 2. The van der Waals surface area contributed by atoms with Crippen LogP contribution in [0.4, 0.5) is 0 Å². The van der Waals surface area contributed by atoms with Gasteiger partial charge in [0.2, 0.25) is 0 Å². The van der Waals surface area contributed by atoms with Gasteiger partial charge in [0.05, 0.1) is 34.8 Å². The van der Waals surface area contributed by atoms with Crippen LogP contribution in [-0.4, -0.2) is 32.2 Å². The number of aryl methyl sites for hydroxylation is 2. The van der Waals surface area contributed by atoms with Crippen molar-refractivity contribution in [2.45, 2.75) is 136 Å². The van der Waals surface area contributed by atoms with Crippen molar-refractivity contribution < 1.29 is 0 Å². The first kappa shape index (κ1) is 39.8. The van der Waals surface area contributed by atoms with Gasteiger partial charge in [-0.1, -0.05) is 121 Å². The van der Waals surface area contributed by atoms with Crippen LogP contribution in [0.1, 0.15) is 122 Å². The fourth-order valence-electron chi connectivity index (χ4n) is 7.86. The highest BCUT2D eigenvalue weighted by Gasteiger charge is 2.13. The second-order valence-corrected chi connectivity index (χ2v) is 14.7. The van der Waals surface area contributed by atoms with Gasteiger partial charge in [-0.15, -0.1) is 12.4 Å². The summed E-state index contributed by atoms with van der Waals surface area (Å²) in [6.45, 7) is 10.4. The van der Waals surface area contributed by atoms with E-state index in [1.807, 2.05) is 0 Å². The smallest absolute Gasteiger partial charge is 0.0678 e. The van der Waals surface area contributed by atoms with Crippen molar-refractivity contribution in [3.8, 4) is 0 Å². The lowest BCUT2D eigenvalue weighted by atomic mass is 10.1. The number of hydrogen-bond donors (Lipinski definition) is 2. The number of fused-ring (bicyclic) bond motifs is 6. The number of rotatable bonds is 24. The van der Waals surface area contributed by atoms with Crippen LogP contribution in [-0.2, 0) is 26.2 Å². The van der Waals surface area contributed by atoms with Crippen LogP contribution in [0, 0.1) is 0 Å². The third kappa shape index (κ3) is 10.4. The largest absolute Gasteiger partial charge is 0.339 e. The van der Waals surface area contributed by atoms with Gasteiger partial charge in [-0.25, -0.2) is 0 Å². The average molecular weight is 723 g/mol. The number of hydrogen-bond acceptors (Lipinski definition) is 4. The minimum Gasteiger partial charge on any atom is -0.339 e. The predicted molar refractivity (Wildman–Crippen MR) is 226 cm³/mol. The van der Waals surface area contributed by atoms with Crippen LogP contribution in [0.25, 0.3) is 43.6 Å². The minimum absolute atomic E-state index is 0. The van der Waals surface area contributed by atoms with Crippen molar-refractivity contribution >= 4 is 56.0 Å². The number of pyridine rings is 2. The van der Waals surface area contributed by atoms with Gasteiger partial charge in [-0.05, 0) is 63.0 Å². The molecule has 6 rings (SSSR count). The lowest BCUT2D eigenvalue weighted by molar-refractivity contribution is 0.566. The Hall–Kier alpha value is -3.45. The topological polar surface area (TPSA) is 59.7 Å². The van der Waals surface area contributed by atoms with Gasteiger partial charge in [0.1, 0.15) is 0 Å². The fourth-order valence-corrected chi connectivity index (χ4v) is 7.86. The molecule has 2 N–H and O–H groups in total. The first-order chi connectivity index (χ1) is 25.3. The maximum atomic E-state index is 4.88. The van der Waals surface area contributed by atoms with Gasteiger partial charge >= 0.3 is 0 Å². The number of benzene rings is 2. The van der Waals surface area contributed by atoms with E-state index in [1.54, 1.807) is 0 Å². The summed E-state index contributed by atoms with van der Waals surface area (Å²) in [7, 11) is 0. The van der Waals surface area contributed by atoms with Crippen molar-refractivity contribution in [1.29, 1.82) is 0 Å². The molecule has 0 saturated carbocycles. The molecule has 0 bridgehead atoms. The Labute approximate surface area is 318 Å². The van der Waals surface area contributed by atoms with Gasteiger partial charge in [-0.2, -0.15) is 0 Å². The number of para-hydroxylation sites is 2. The van der Waals surface area contributed by atoms with E-state index in [-0.39, 0.29) is 12.4 Å². The highest BCUT2D eigenvalue weighted by atomic mass is 35.5. The fraction of sp³-hybridized carbons (Fsp3) is 0.511. The molecule has 4 heterocycles. The zero-order valence-corrected chi connectivity index (χ0v) is 32.8. The van der Waals surface area contributed by atoms with Gasteiger partial charge in [0, 0.05) is 58.8 Å². The number of aromatic nitrogens is 4. The summed E-state index contributed by atoms with van der Waals surface area (Å²) in [5, 5.41) is 12.7. The summed E-state index contributed by atoms with van der Waals surface area (Å²) in [6.07, 6.45) is 23.6. The molecule has 0 radical (unpaired) electrons. The summed E-state index contributed by atoms with van der Waals surface area (Å²) < 4.78 is 4.99. The monoisotopic (exact) mass is 722 g/mol. The molecule has 0 fully saturated rings. The lowest BCUT2D eigenvalue weighted by Gasteiger charge is -2.09. The zero-order chi connectivity index (χ0) is 35.1. The van der Waals surface area contributed by atoms with Gasteiger partial charge in [-0.3, -0.25) is 9.97 Å². The molecule has 0 saturated heterocycles. The third-order valence-electron chi connectivity index (χ3n) is 10.7. The number of nitrogens with zero attached hydrogens (tertiary/aromatic N) is 4. The molecule has 6 aromatic rings. The lowest BCUT2D eigenvalue weighted by Crippen LogP contribution is -2.17. The Bertz CT molecular complexity index is 1800. The van der Waals surface area contributed by atoms with E-state index >= 15 is 0 Å². The Morgan fingerprint density at radius 3 is 1.33 bits per heavy atom. The molecule has 0 aliphatic carbocycles. The van der Waals surface area contributed by atoms with E-state index in [2.05, 4.69) is 107 Å². The molecule has 0 aliphatic rings. The quantitative estimate of drug-likeness (QED) is 0.0611. The SMILES string of the molecule is CCCCCCCCn1c2ccccc2c2cc(CNCCCCCNCc3cc4c5ccccc5n(CCCCCCCC)c4cn3)ncc21.Cl. The van der Waals surface area contributed by atoms with E-state index < -0.39 is 0 Å². The van der Waals surface area contributed by atoms with E-state index in [1.165, 1.54) is 140 Å². The van der Waals surface area contributed by atoms with Crippen LogP contribution in [0.3, 0.4) is 0 Å². The first-order valence-corrected chi connectivity index (χ1v) is 20.4. The van der Waals surface area contributed by atoms with Crippen LogP contribution in [0.2, 0.25) is 0 Å². The molecule has 0 atom stereocenters. The molecule has 4 aromatic heterocycles. The molecule has 6 nitrogen and oxygen atoms in total. The molecular weight excluding hydrogens is 660 g/mol. The first-order valence-electron chi connectivity index (χ1n) is 20.4. The number of halogens is 1. The normalized spacial score (nSPS) is 11.7. The zero-order valence-electron chi connectivity index (χ0n) is 32.0. The maximum absolute atomic E-state index is 4.88. The molecule has 2 aromatic carbocycles. The van der Waals surface area contributed by atoms with Crippen molar-refractivity contribution in [3.63, 3.8) is 0 Å². The van der Waals surface area contributed by atoms with E-state index in [0.717, 1.165) is 50.7 Å². The van der Waals surface area contributed by atoms with Gasteiger partial charge in [0.15, 0.2) is 0 Å². The number of unbranched alkanes of at least 4 members (excludes halogenated alkanes) is 12. The summed E-state index contributed by atoms with van der Waals surface area (Å²) in [4.78, 5) is 9.76. The third-order valence-corrected chi connectivity index (χ3v) is 10.7. The van der Waals surface area contributed by atoms with Crippen molar-refractivity contribution in [1.82, 2.24) is 29.7 Å². The molecule has 280 valence electrons. The Kier molecular flexibility index (Phi) is 16.3. The summed E-state index contributed by atoms with van der Waals surface area (Å²) in [5.74, 6) is 0. The van der Waals surface area contributed by atoms with E-state index in [9.17, 15) is 0 Å². The predicted octanol–water partition coefficient (Wildman–Crippen LogP) is 11.9. The highest BCUT2D eigenvalue weighted by Crippen LogP contribution is 2.31. The van der Waals surface area contributed by atoms with E-state index in [4.69, 9.17) is 9.97 Å². The van der Waals surface area contributed by atoms with Crippen LogP contribution < -0.4 is 10.6 Å². The Balaban J connectivity index is 0.00000523. The highest BCUT2D eigenvalue weighted by molar-refractivity contribution is 6.08. The molecule has 0 unspecified atom stereocenters. The van der Waals surface area contributed by atoms with Gasteiger partial charge in [0.25, 0.3) is 0 Å². The molecule has 0 aliphatic heterocycles. The molecule has 0 spiro atoms. The summed E-state index contributed by atoms with van der Waals surface area (Å²) in [6, 6.07) is 22.4. The summed E-state index contributed by atoms with van der Waals surface area (Å²) >= 11 is 0. The molecule has 7 heteroatoms. The second-order valence-electron chi connectivity index (χ2n) is 14.7. The van der Waals surface area contributed by atoms with E-state index in [0.29, 0.717) is 0 Å². The van der Waals surface area contributed by atoms with Crippen LogP contribution >= 0.6 is 12.4 Å². The maximum Gasteiger partial charge on any atom is 0.0678 e. The van der Waals surface area contributed by atoms with Crippen molar-refractivity contribution in [3.05, 3.63) is 84.4 Å². The molecule has 0 amide bonds. The van der Waals surface area contributed by atoms with Gasteiger partial charge < -0.3 is 19.8 Å². The second kappa shape index (κ2) is 21.3. The summed E-state index contributed by atoms with van der Waals surface area (Å²) in [5.41, 5.74) is 7.47. The van der Waals surface area contributed by atoms with Crippen LogP contribution in [0.5, 0.6) is 0 Å². The molecule has 52 heavy (non-hydrogen) atoms. The van der Waals surface area contributed by atoms with Crippen LogP contribution in [0.15, 0.2) is 73.1 Å². The van der Waals surface area contributed by atoms with Crippen molar-refractivity contribution in [2.75, 3.05) is 13.1 Å². The Morgan fingerprint density at radius 1 is 0.462 bits per heavy atom. The van der Waals surface area contributed by atoms with Crippen molar-refractivity contribution in [2.24, 2.45) is 0 Å². The average Bonchev–Trinajstić information content (AvgIpc) is 3.65. The molecular formula is C45H63ClN6. The standard InChI is InChI=1S/C45H62N6.ClH/c1-3-5-7-9-11-20-28-50-42-24-16-14-22-38(42)40-30-36(48-34-44(40)50)32-46-26-18-13-19-27-47-33-37-31-41-39-23-15-17-25-43(39)51(45(41)35-49-37)29-21-12-10-8-6-4-2;/h14-17,22-25,30-31,34-35,46-47H,3-13,18-21,26-29,32-33H2,1-2H3;1H. The minimum atomic E-state index is 0. The Morgan fingerprint density at radius 2 is 0.865 bits per heavy atom.